The van der Waals surface area contributed by atoms with Gasteiger partial charge in [0.15, 0.2) is 12.3 Å². The molecule has 0 radical (unpaired) electrons. The van der Waals surface area contributed by atoms with Crippen molar-refractivity contribution in [3.05, 3.63) is 82.0 Å². The minimum Gasteiger partial charge on any atom is -0.494 e. The monoisotopic (exact) mass is 481 g/mol. The minimum absolute atomic E-state index is 0.110. The van der Waals surface area contributed by atoms with Gasteiger partial charge < -0.3 is 14.8 Å². The number of aromatic nitrogens is 4. The fourth-order valence-electron chi connectivity index (χ4n) is 3.36. The SMILES string of the molecule is CCOc1ccc(OCC(=O)NCCn2ncc3c(=O)n(Cc4ccc(Cl)cc4)cnc32)cc1. The molecule has 1 N–H and O–H groups in total. The summed E-state index contributed by atoms with van der Waals surface area (Å²) in [5, 5.41) is 8.10. The Bertz CT molecular complexity index is 1320. The van der Waals surface area contributed by atoms with Crippen LogP contribution in [0.1, 0.15) is 12.5 Å². The lowest BCUT2D eigenvalue weighted by Gasteiger charge is -2.09. The lowest BCUT2D eigenvalue weighted by Crippen LogP contribution is -2.31. The summed E-state index contributed by atoms with van der Waals surface area (Å²) in [6.07, 6.45) is 3.00. The molecular weight excluding hydrogens is 458 g/mol. The molecule has 2 heterocycles. The second-order valence-electron chi connectivity index (χ2n) is 7.45. The van der Waals surface area contributed by atoms with E-state index in [-0.39, 0.29) is 18.1 Å². The van der Waals surface area contributed by atoms with Crippen molar-refractivity contribution < 1.29 is 14.3 Å². The van der Waals surface area contributed by atoms with Gasteiger partial charge in [0.05, 0.1) is 25.9 Å². The van der Waals surface area contributed by atoms with Crippen LogP contribution in [0.4, 0.5) is 0 Å². The van der Waals surface area contributed by atoms with Crippen molar-refractivity contribution in [2.24, 2.45) is 0 Å². The molecule has 4 rings (SSSR count). The maximum atomic E-state index is 12.8. The van der Waals surface area contributed by atoms with Crippen LogP contribution in [-0.2, 0) is 17.9 Å². The van der Waals surface area contributed by atoms with E-state index in [9.17, 15) is 9.59 Å². The third kappa shape index (κ3) is 5.74. The highest BCUT2D eigenvalue weighted by Gasteiger charge is 2.11. The third-order valence-corrected chi connectivity index (χ3v) is 5.29. The number of nitrogens with one attached hydrogen (secondary N) is 1. The molecule has 34 heavy (non-hydrogen) atoms. The quantitative estimate of drug-likeness (QED) is 0.374. The third-order valence-electron chi connectivity index (χ3n) is 5.04. The van der Waals surface area contributed by atoms with Crippen LogP contribution in [0.15, 0.2) is 65.8 Å². The van der Waals surface area contributed by atoms with E-state index in [4.69, 9.17) is 21.1 Å². The van der Waals surface area contributed by atoms with Gasteiger partial charge in [-0.15, -0.1) is 0 Å². The smallest absolute Gasteiger partial charge is 0.264 e. The number of carbonyl (C=O) groups excluding carboxylic acids is 1. The van der Waals surface area contributed by atoms with Gasteiger partial charge >= 0.3 is 0 Å². The van der Waals surface area contributed by atoms with Crippen molar-refractivity contribution in [2.75, 3.05) is 19.8 Å². The van der Waals surface area contributed by atoms with Crippen LogP contribution in [0.2, 0.25) is 5.02 Å². The van der Waals surface area contributed by atoms with Gasteiger partial charge in [0, 0.05) is 11.6 Å². The molecule has 1 amide bonds. The van der Waals surface area contributed by atoms with Gasteiger partial charge in [0.2, 0.25) is 0 Å². The summed E-state index contributed by atoms with van der Waals surface area (Å²) in [4.78, 5) is 29.3. The Morgan fingerprint density at radius 3 is 2.47 bits per heavy atom. The van der Waals surface area contributed by atoms with Crippen LogP contribution in [0, 0.1) is 0 Å². The predicted molar refractivity (Wildman–Crippen MR) is 128 cm³/mol. The Morgan fingerprint density at radius 1 is 1.06 bits per heavy atom. The Morgan fingerprint density at radius 2 is 1.76 bits per heavy atom. The number of hydrogen-bond donors (Lipinski definition) is 1. The number of fused-ring (bicyclic) bond motifs is 1. The molecule has 0 aliphatic carbocycles. The van der Waals surface area contributed by atoms with E-state index in [2.05, 4.69) is 15.4 Å². The molecule has 176 valence electrons. The molecule has 0 saturated heterocycles. The van der Waals surface area contributed by atoms with Crippen molar-refractivity contribution in [1.29, 1.82) is 0 Å². The molecule has 0 aliphatic heterocycles. The van der Waals surface area contributed by atoms with E-state index in [0.29, 0.717) is 48.0 Å². The van der Waals surface area contributed by atoms with Gasteiger partial charge in [0.25, 0.3) is 11.5 Å². The molecule has 0 saturated carbocycles. The molecule has 0 bridgehead atoms. The zero-order valence-electron chi connectivity index (χ0n) is 18.6. The number of nitrogens with zero attached hydrogens (tertiary/aromatic N) is 4. The molecule has 4 aromatic rings. The average Bonchev–Trinajstić information content (AvgIpc) is 3.26. The van der Waals surface area contributed by atoms with Gasteiger partial charge in [-0.25, -0.2) is 9.67 Å². The number of rotatable bonds is 10. The summed E-state index contributed by atoms with van der Waals surface area (Å²) in [5.74, 6) is 1.07. The fraction of sp³-hybridized carbons (Fsp3) is 0.250. The summed E-state index contributed by atoms with van der Waals surface area (Å²) in [5.41, 5.74) is 1.23. The Hall–Kier alpha value is -3.85. The number of halogens is 1. The molecule has 9 nitrogen and oxygen atoms in total. The zero-order valence-corrected chi connectivity index (χ0v) is 19.4. The van der Waals surface area contributed by atoms with Crippen molar-refractivity contribution in [3.63, 3.8) is 0 Å². The van der Waals surface area contributed by atoms with Crippen molar-refractivity contribution in [3.8, 4) is 11.5 Å². The van der Waals surface area contributed by atoms with Crippen LogP contribution in [0.5, 0.6) is 11.5 Å². The molecule has 0 atom stereocenters. The largest absolute Gasteiger partial charge is 0.494 e. The molecule has 0 spiro atoms. The lowest BCUT2D eigenvalue weighted by atomic mass is 10.2. The van der Waals surface area contributed by atoms with Crippen LogP contribution in [0.25, 0.3) is 11.0 Å². The van der Waals surface area contributed by atoms with Crippen molar-refractivity contribution >= 4 is 28.5 Å². The first kappa shape index (κ1) is 23.3. The van der Waals surface area contributed by atoms with Crippen molar-refractivity contribution in [1.82, 2.24) is 24.6 Å². The highest BCUT2D eigenvalue weighted by molar-refractivity contribution is 6.30. The summed E-state index contributed by atoms with van der Waals surface area (Å²) < 4.78 is 14.0. The van der Waals surface area contributed by atoms with Crippen LogP contribution < -0.4 is 20.3 Å². The Labute approximate surface area is 200 Å². The molecule has 0 aliphatic rings. The predicted octanol–water partition coefficient (Wildman–Crippen LogP) is 2.89. The lowest BCUT2D eigenvalue weighted by molar-refractivity contribution is -0.123. The van der Waals surface area contributed by atoms with E-state index in [1.165, 1.54) is 17.1 Å². The highest BCUT2D eigenvalue weighted by Crippen LogP contribution is 2.17. The number of benzene rings is 2. The van der Waals surface area contributed by atoms with E-state index in [1.807, 2.05) is 19.1 Å². The average molecular weight is 482 g/mol. The van der Waals surface area contributed by atoms with Gasteiger partial charge in [-0.05, 0) is 48.9 Å². The van der Waals surface area contributed by atoms with E-state index in [1.54, 1.807) is 41.1 Å². The molecule has 0 unspecified atom stereocenters. The summed E-state index contributed by atoms with van der Waals surface area (Å²) in [6.45, 7) is 3.46. The van der Waals surface area contributed by atoms with Gasteiger partial charge in [-0.3, -0.25) is 14.2 Å². The first-order valence-electron chi connectivity index (χ1n) is 10.8. The molecule has 0 fully saturated rings. The fourth-order valence-corrected chi connectivity index (χ4v) is 3.49. The summed E-state index contributed by atoms with van der Waals surface area (Å²) in [6, 6.07) is 14.4. The standard InChI is InChI=1S/C24H24ClN5O4/c1-2-33-19-7-9-20(10-8-19)34-15-22(31)26-11-12-30-23-21(13-28-30)24(32)29(16-27-23)14-17-3-5-18(25)6-4-17/h3-10,13,16H,2,11-12,14-15H2,1H3,(H,26,31). The summed E-state index contributed by atoms with van der Waals surface area (Å²) in [7, 11) is 0. The van der Waals surface area contributed by atoms with Gasteiger partial charge in [-0.1, -0.05) is 23.7 Å². The van der Waals surface area contributed by atoms with Crippen molar-refractivity contribution in [2.45, 2.75) is 20.0 Å². The first-order chi connectivity index (χ1) is 16.5. The molecule has 10 heteroatoms. The van der Waals surface area contributed by atoms with E-state index < -0.39 is 0 Å². The number of ether oxygens (including phenoxy) is 2. The highest BCUT2D eigenvalue weighted by atomic mass is 35.5. The van der Waals surface area contributed by atoms with E-state index in [0.717, 1.165) is 11.3 Å². The molecule has 2 aromatic carbocycles. The number of hydrogen-bond acceptors (Lipinski definition) is 6. The summed E-state index contributed by atoms with van der Waals surface area (Å²) >= 11 is 5.92. The maximum absolute atomic E-state index is 12.8. The van der Waals surface area contributed by atoms with Crippen LogP contribution >= 0.6 is 11.6 Å². The Balaban J connectivity index is 1.30. The number of carbonyl (C=O) groups is 1. The zero-order chi connectivity index (χ0) is 23.9. The topological polar surface area (TPSA) is 100 Å². The Kier molecular flexibility index (Phi) is 7.44. The second-order valence-corrected chi connectivity index (χ2v) is 7.89. The van der Waals surface area contributed by atoms with Crippen LogP contribution in [0.3, 0.4) is 0 Å². The second kappa shape index (κ2) is 10.8. The van der Waals surface area contributed by atoms with Crippen LogP contribution in [-0.4, -0.2) is 45.0 Å². The number of amides is 1. The maximum Gasteiger partial charge on any atom is 0.264 e. The first-order valence-corrected chi connectivity index (χ1v) is 11.2. The van der Waals surface area contributed by atoms with Gasteiger partial charge in [0.1, 0.15) is 23.2 Å². The minimum atomic E-state index is -0.261. The van der Waals surface area contributed by atoms with E-state index >= 15 is 0 Å². The molecule has 2 aromatic heterocycles. The molecular formula is C24H24ClN5O4. The normalized spacial score (nSPS) is 10.9. The van der Waals surface area contributed by atoms with Gasteiger partial charge in [-0.2, -0.15) is 5.10 Å².